The number of nitrogens with zero attached hydrogens (tertiary/aromatic N) is 2. The molecular formula is C26H29FN4O3S. The first-order valence-electron chi connectivity index (χ1n) is 11.3. The van der Waals surface area contributed by atoms with Crippen LogP contribution in [0.25, 0.3) is 0 Å². The molecule has 0 fully saturated rings. The lowest BCUT2D eigenvalue weighted by molar-refractivity contribution is -0.127. The quantitative estimate of drug-likeness (QED) is 0.440. The summed E-state index contributed by atoms with van der Waals surface area (Å²) >= 11 is 1.28. The van der Waals surface area contributed by atoms with Crippen molar-refractivity contribution in [1.29, 1.82) is 0 Å². The predicted octanol–water partition coefficient (Wildman–Crippen LogP) is 4.92. The maximum atomic E-state index is 13.7. The Morgan fingerprint density at radius 3 is 2.40 bits per heavy atom. The number of rotatable bonds is 9. The fraction of sp³-hybridized carbons (Fsp3) is 0.308. The third-order valence-electron chi connectivity index (χ3n) is 5.26. The van der Waals surface area contributed by atoms with Crippen LogP contribution in [-0.2, 0) is 14.4 Å². The minimum atomic E-state index is -1.05. The molecule has 0 bridgehead atoms. The van der Waals surface area contributed by atoms with Crippen molar-refractivity contribution in [2.45, 2.75) is 52.6 Å². The first kappa shape index (κ1) is 26.0. The molecule has 2 aromatic carbocycles. The van der Waals surface area contributed by atoms with Crippen LogP contribution in [0.3, 0.4) is 0 Å². The molecule has 0 aliphatic carbocycles. The van der Waals surface area contributed by atoms with Gasteiger partial charge in [0, 0.05) is 36.1 Å². The highest BCUT2D eigenvalue weighted by molar-refractivity contribution is 7.13. The maximum Gasteiger partial charge on any atom is 0.248 e. The molecule has 0 unspecified atom stereocenters. The highest BCUT2D eigenvalue weighted by Crippen LogP contribution is 2.32. The summed E-state index contributed by atoms with van der Waals surface area (Å²) < 4.78 is 13.7. The van der Waals surface area contributed by atoms with Crippen LogP contribution in [0.4, 0.5) is 15.2 Å². The number of thiazole rings is 1. The molecule has 0 saturated heterocycles. The van der Waals surface area contributed by atoms with Crippen LogP contribution in [0.2, 0.25) is 0 Å². The minimum absolute atomic E-state index is 0.0816. The van der Waals surface area contributed by atoms with Gasteiger partial charge in [-0.3, -0.25) is 19.3 Å². The molecule has 3 amide bonds. The number of nitrogens with one attached hydrogen (secondary N) is 2. The molecule has 7 nitrogen and oxygen atoms in total. The van der Waals surface area contributed by atoms with Crippen molar-refractivity contribution in [2.24, 2.45) is 0 Å². The number of benzene rings is 2. The largest absolute Gasteiger partial charge is 0.352 e. The molecule has 3 aromatic rings. The Bertz CT molecular complexity index is 1180. The van der Waals surface area contributed by atoms with Gasteiger partial charge in [0.05, 0.1) is 0 Å². The molecule has 0 radical (unpaired) electrons. The Hall–Kier alpha value is -3.59. The van der Waals surface area contributed by atoms with Gasteiger partial charge in [0.1, 0.15) is 11.9 Å². The zero-order chi connectivity index (χ0) is 25.5. The molecule has 3 rings (SSSR count). The van der Waals surface area contributed by atoms with Gasteiger partial charge < -0.3 is 10.6 Å². The monoisotopic (exact) mass is 496 g/mol. The second kappa shape index (κ2) is 11.7. The van der Waals surface area contributed by atoms with E-state index >= 15 is 0 Å². The summed E-state index contributed by atoms with van der Waals surface area (Å²) in [6, 6.07) is 9.93. The Morgan fingerprint density at radius 1 is 1.06 bits per heavy atom. The van der Waals surface area contributed by atoms with E-state index in [1.54, 1.807) is 11.6 Å². The molecule has 0 aliphatic rings. The lowest BCUT2D eigenvalue weighted by Gasteiger charge is -2.33. The van der Waals surface area contributed by atoms with E-state index in [-0.39, 0.29) is 24.8 Å². The number of anilines is 2. The molecule has 9 heteroatoms. The van der Waals surface area contributed by atoms with Crippen molar-refractivity contribution >= 4 is 39.9 Å². The van der Waals surface area contributed by atoms with Crippen molar-refractivity contribution in [3.63, 3.8) is 0 Å². The van der Waals surface area contributed by atoms with Gasteiger partial charge in [0.25, 0.3) is 0 Å². The van der Waals surface area contributed by atoms with Crippen molar-refractivity contribution in [1.82, 2.24) is 10.3 Å². The number of amides is 3. The Morgan fingerprint density at radius 2 is 1.77 bits per heavy atom. The number of aromatic nitrogens is 1. The topological polar surface area (TPSA) is 91.4 Å². The molecule has 184 valence electrons. The van der Waals surface area contributed by atoms with Crippen molar-refractivity contribution in [3.05, 3.63) is 76.5 Å². The summed E-state index contributed by atoms with van der Waals surface area (Å²) in [5.74, 6) is -1.59. The van der Waals surface area contributed by atoms with E-state index in [4.69, 9.17) is 0 Å². The van der Waals surface area contributed by atoms with Crippen molar-refractivity contribution < 1.29 is 18.8 Å². The van der Waals surface area contributed by atoms with Crippen LogP contribution >= 0.6 is 11.3 Å². The first-order chi connectivity index (χ1) is 16.7. The standard InChI is InChI=1S/C26H29FN4O3S/c1-16(2)29-25(34)24(19-7-9-20(27)10-8-19)31(21-15-17(3)5-6-18(21)4)23(33)12-11-22(32)30-26-28-13-14-35-26/h5-10,13-16,24H,11-12H2,1-4H3,(H,29,34)(H,28,30,32)/t24-/m0/s1. The molecule has 1 atom stereocenters. The molecule has 0 saturated carbocycles. The molecule has 0 spiro atoms. The smallest absolute Gasteiger partial charge is 0.248 e. The molecular weight excluding hydrogens is 467 g/mol. The number of halogens is 1. The third-order valence-corrected chi connectivity index (χ3v) is 5.95. The van der Waals surface area contributed by atoms with Crippen LogP contribution in [0, 0.1) is 19.7 Å². The molecule has 35 heavy (non-hydrogen) atoms. The maximum absolute atomic E-state index is 13.7. The van der Waals surface area contributed by atoms with Gasteiger partial charge in [-0.15, -0.1) is 11.3 Å². The van der Waals surface area contributed by atoms with Gasteiger partial charge in [-0.05, 0) is 62.6 Å². The molecule has 1 heterocycles. The Balaban J connectivity index is 1.99. The Labute approximate surface area is 208 Å². The molecule has 2 N–H and O–H groups in total. The van der Waals surface area contributed by atoms with Crippen LogP contribution < -0.4 is 15.5 Å². The van der Waals surface area contributed by atoms with E-state index in [0.717, 1.165) is 11.1 Å². The molecule has 0 aliphatic heterocycles. The summed E-state index contributed by atoms with van der Waals surface area (Å²) in [5.41, 5.74) is 2.72. The number of carbonyl (C=O) groups excluding carboxylic acids is 3. The summed E-state index contributed by atoms with van der Waals surface area (Å²) in [5, 5.41) is 7.74. The van der Waals surface area contributed by atoms with E-state index < -0.39 is 23.7 Å². The predicted molar refractivity (Wildman–Crippen MR) is 136 cm³/mol. The zero-order valence-corrected chi connectivity index (χ0v) is 21.0. The van der Waals surface area contributed by atoms with E-state index in [1.807, 2.05) is 45.9 Å². The highest BCUT2D eigenvalue weighted by atomic mass is 32.1. The van der Waals surface area contributed by atoms with Crippen molar-refractivity contribution in [2.75, 3.05) is 10.2 Å². The summed E-state index contributed by atoms with van der Waals surface area (Å²) in [6.07, 6.45) is 1.37. The number of hydrogen-bond donors (Lipinski definition) is 2. The first-order valence-corrected chi connectivity index (χ1v) is 12.2. The van der Waals surface area contributed by atoms with Gasteiger partial charge in [-0.1, -0.05) is 24.3 Å². The minimum Gasteiger partial charge on any atom is -0.352 e. The van der Waals surface area contributed by atoms with Crippen LogP contribution in [-0.4, -0.2) is 28.7 Å². The zero-order valence-electron chi connectivity index (χ0n) is 20.2. The third kappa shape index (κ3) is 6.95. The second-order valence-electron chi connectivity index (χ2n) is 8.56. The van der Waals surface area contributed by atoms with Gasteiger partial charge >= 0.3 is 0 Å². The number of aryl methyl sites for hydroxylation is 2. The van der Waals surface area contributed by atoms with E-state index in [1.165, 1.54) is 40.5 Å². The van der Waals surface area contributed by atoms with E-state index in [2.05, 4.69) is 15.6 Å². The van der Waals surface area contributed by atoms with Crippen LogP contribution in [0.15, 0.2) is 54.0 Å². The van der Waals surface area contributed by atoms with E-state index in [0.29, 0.717) is 16.4 Å². The lowest BCUT2D eigenvalue weighted by atomic mass is 10.00. The normalized spacial score (nSPS) is 11.7. The summed E-state index contributed by atoms with van der Waals surface area (Å²) in [4.78, 5) is 44.9. The van der Waals surface area contributed by atoms with Gasteiger partial charge in [0.2, 0.25) is 17.7 Å². The molecule has 1 aromatic heterocycles. The fourth-order valence-electron chi connectivity index (χ4n) is 3.63. The fourth-order valence-corrected chi connectivity index (χ4v) is 4.18. The summed E-state index contributed by atoms with van der Waals surface area (Å²) in [6.45, 7) is 7.40. The van der Waals surface area contributed by atoms with Crippen molar-refractivity contribution in [3.8, 4) is 0 Å². The van der Waals surface area contributed by atoms with Gasteiger partial charge in [-0.25, -0.2) is 9.37 Å². The number of carbonyl (C=O) groups is 3. The lowest BCUT2D eigenvalue weighted by Crippen LogP contribution is -2.46. The van der Waals surface area contributed by atoms with Crippen LogP contribution in [0.5, 0.6) is 0 Å². The average Bonchev–Trinajstić information content (AvgIpc) is 3.31. The summed E-state index contributed by atoms with van der Waals surface area (Å²) in [7, 11) is 0. The average molecular weight is 497 g/mol. The van der Waals surface area contributed by atoms with E-state index in [9.17, 15) is 18.8 Å². The number of hydrogen-bond acceptors (Lipinski definition) is 5. The van der Waals surface area contributed by atoms with Gasteiger partial charge in [-0.2, -0.15) is 0 Å². The second-order valence-corrected chi connectivity index (χ2v) is 9.45. The SMILES string of the molecule is Cc1ccc(C)c(N(C(=O)CCC(=O)Nc2nccs2)[C@H](C(=O)NC(C)C)c2ccc(F)cc2)c1. The highest BCUT2D eigenvalue weighted by Gasteiger charge is 2.34. The van der Waals surface area contributed by atoms with Crippen LogP contribution in [0.1, 0.15) is 49.4 Å². The van der Waals surface area contributed by atoms with Gasteiger partial charge in [0.15, 0.2) is 5.13 Å². The Kier molecular flexibility index (Phi) is 8.70.